The molecular weight excluding hydrogens is 334 g/mol. The van der Waals surface area contributed by atoms with E-state index in [1.54, 1.807) is 4.52 Å². The van der Waals surface area contributed by atoms with Crippen LogP contribution in [0.25, 0.3) is 40.0 Å². The topological polar surface area (TPSA) is 56.0 Å². The Bertz CT molecular complexity index is 1250. The molecule has 5 heteroatoms. The summed E-state index contributed by atoms with van der Waals surface area (Å²) in [5.74, 6) is 0. The van der Waals surface area contributed by atoms with Gasteiger partial charge < -0.3 is 0 Å². The van der Waals surface area contributed by atoms with Crippen LogP contribution in [0.3, 0.4) is 0 Å². The van der Waals surface area contributed by atoms with E-state index >= 15 is 0 Å². The van der Waals surface area contributed by atoms with E-state index in [0.29, 0.717) is 5.65 Å². The predicted molar refractivity (Wildman–Crippen MR) is 107 cm³/mol. The van der Waals surface area contributed by atoms with Crippen molar-refractivity contribution in [2.45, 2.75) is 0 Å². The molecule has 5 nitrogen and oxygen atoms in total. The number of nitrogens with zero attached hydrogens (tertiary/aromatic N) is 5. The van der Waals surface area contributed by atoms with Crippen molar-refractivity contribution in [2.24, 2.45) is 0 Å². The fourth-order valence-corrected chi connectivity index (χ4v) is 3.13. The average Bonchev–Trinajstić information content (AvgIpc) is 3.23. The van der Waals surface area contributed by atoms with Crippen LogP contribution in [0.2, 0.25) is 0 Å². The van der Waals surface area contributed by atoms with Crippen LogP contribution < -0.4 is 0 Å². The zero-order chi connectivity index (χ0) is 18.1. The lowest BCUT2D eigenvalue weighted by Crippen LogP contribution is -1.96. The minimum absolute atomic E-state index is 0.644. The van der Waals surface area contributed by atoms with Gasteiger partial charge in [0.1, 0.15) is 5.69 Å². The minimum Gasteiger partial charge on any atom is -0.243 e. The Labute approximate surface area is 155 Å². The van der Waals surface area contributed by atoms with E-state index in [4.69, 9.17) is 4.98 Å². The molecule has 0 bridgehead atoms. The lowest BCUT2D eigenvalue weighted by molar-refractivity contribution is 0.840. The third-order valence-corrected chi connectivity index (χ3v) is 4.50. The average molecular weight is 349 g/mol. The van der Waals surface area contributed by atoms with Crippen molar-refractivity contribution < 1.29 is 0 Å². The SMILES string of the molecule is C(=C\c1nc2ccccc2n2nnnc12)/c1ccc(-c2ccccc2)cc1. The molecule has 0 radical (unpaired) electrons. The van der Waals surface area contributed by atoms with Gasteiger partial charge in [0.25, 0.3) is 0 Å². The molecule has 0 aliphatic heterocycles. The van der Waals surface area contributed by atoms with E-state index in [-0.39, 0.29) is 0 Å². The van der Waals surface area contributed by atoms with Crippen LogP contribution in [0.1, 0.15) is 11.3 Å². The Morgan fingerprint density at radius 2 is 1.44 bits per heavy atom. The number of benzene rings is 3. The van der Waals surface area contributed by atoms with Crippen molar-refractivity contribution in [1.29, 1.82) is 0 Å². The molecule has 5 aromatic rings. The Balaban J connectivity index is 1.51. The standard InChI is InChI=1S/C22H15N5/c1-2-6-17(7-3-1)18-13-10-16(11-14-18)12-15-20-22-24-25-26-27(22)21-9-5-4-8-19(21)23-20/h1-15H/b15-12+. The maximum atomic E-state index is 4.71. The van der Waals surface area contributed by atoms with Crippen LogP contribution in [-0.4, -0.2) is 25.0 Å². The Morgan fingerprint density at radius 1 is 0.704 bits per heavy atom. The smallest absolute Gasteiger partial charge is 0.205 e. The molecule has 0 amide bonds. The fourth-order valence-electron chi connectivity index (χ4n) is 3.13. The highest BCUT2D eigenvalue weighted by molar-refractivity contribution is 5.83. The summed E-state index contributed by atoms with van der Waals surface area (Å²) in [6.45, 7) is 0. The van der Waals surface area contributed by atoms with Gasteiger partial charge in [0.15, 0.2) is 0 Å². The molecule has 0 saturated carbocycles. The molecule has 0 N–H and O–H groups in total. The van der Waals surface area contributed by atoms with Gasteiger partial charge >= 0.3 is 0 Å². The normalized spacial score (nSPS) is 11.6. The molecule has 2 aromatic heterocycles. The van der Waals surface area contributed by atoms with Crippen molar-refractivity contribution in [3.8, 4) is 11.1 Å². The number of fused-ring (bicyclic) bond motifs is 3. The molecule has 128 valence electrons. The molecule has 0 fully saturated rings. The molecule has 0 unspecified atom stereocenters. The lowest BCUT2D eigenvalue weighted by Gasteiger charge is -2.03. The van der Waals surface area contributed by atoms with Gasteiger partial charge in [0.05, 0.1) is 11.0 Å². The summed E-state index contributed by atoms with van der Waals surface area (Å²) in [5, 5.41) is 12.0. The molecular formula is C22H15N5. The van der Waals surface area contributed by atoms with Crippen LogP contribution >= 0.6 is 0 Å². The largest absolute Gasteiger partial charge is 0.243 e. The van der Waals surface area contributed by atoms with Gasteiger partial charge in [-0.1, -0.05) is 72.8 Å². The quantitative estimate of drug-likeness (QED) is 0.481. The predicted octanol–water partition coefficient (Wildman–Crippen LogP) is 4.51. The molecule has 0 aliphatic rings. The molecule has 0 aliphatic carbocycles. The summed E-state index contributed by atoms with van der Waals surface area (Å²) >= 11 is 0. The Morgan fingerprint density at radius 3 is 2.30 bits per heavy atom. The van der Waals surface area contributed by atoms with Gasteiger partial charge in [0, 0.05) is 0 Å². The number of hydrogen-bond donors (Lipinski definition) is 0. The Kier molecular flexibility index (Phi) is 3.68. The van der Waals surface area contributed by atoms with E-state index in [0.717, 1.165) is 22.3 Å². The van der Waals surface area contributed by atoms with Crippen LogP contribution in [0.15, 0.2) is 78.9 Å². The second-order valence-corrected chi connectivity index (χ2v) is 6.22. The summed E-state index contributed by atoms with van der Waals surface area (Å²) in [5.41, 5.74) is 6.63. The summed E-state index contributed by atoms with van der Waals surface area (Å²) in [7, 11) is 0. The van der Waals surface area contributed by atoms with Gasteiger partial charge in [-0.15, -0.1) is 5.10 Å². The maximum absolute atomic E-state index is 4.71. The van der Waals surface area contributed by atoms with Gasteiger partial charge in [-0.2, -0.15) is 4.52 Å². The summed E-state index contributed by atoms with van der Waals surface area (Å²) in [4.78, 5) is 4.71. The van der Waals surface area contributed by atoms with Crippen molar-refractivity contribution in [1.82, 2.24) is 25.0 Å². The third-order valence-electron chi connectivity index (χ3n) is 4.50. The van der Waals surface area contributed by atoms with Crippen LogP contribution in [-0.2, 0) is 0 Å². The Hall–Kier alpha value is -3.86. The molecule has 0 saturated heterocycles. The second kappa shape index (κ2) is 6.46. The first-order chi connectivity index (χ1) is 13.4. The summed E-state index contributed by atoms with van der Waals surface area (Å²) in [6, 6.07) is 26.6. The van der Waals surface area contributed by atoms with Crippen LogP contribution in [0.5, 0.6) is 0 Å². The van der Waals surface area contributed by atoms with Crippen LogP contribution in [0, 0.1) is 0 Å². The maximum Gasteiger partial charge on any atom is 0.205 e. The van der Waals surface area contributed by atoms with Crippen molar-refractivity contribution in [3.05, 3.63) is 90.1 Å². The first-order valence-electron chi connectivity index (χ1n) is 8.69. The number of hydrogen-bond acceptors (Lipinski definition) is 4. The minimum atomic E-state index is 0.644. The zero-order valence-corrected chi connectivity index (χ0v) is 14.4. The van der Waals surface area contributed by atoms with E-state index < -0.39 is 0 Å². The van der Waals surface area contributed by atoms with Crippen molar-refractivity contribution in [3.63, 3.8) is 0 Å². The molecule has 3 aromatic carbocycles. The van der Waals surface area contributed by atoms with E-state index in [9.17, 15) is 0 Å². The van der Waals surface area contributed by atoms with Gasteiger partial charge in [-0.25, -0.2) is 4.98 Å². The lowest BCUT2D eigenvalue weighted by atomic mass is 10.0. The van der Waals surface area contributed by atoms with Gasteiger partial charge in [-0.3, -0.25) is 0 Å². The number of para-hydroxylation sites is 2. The molecule has 27 heavy (non-hydrogen) atoms. The van der Waals surface area contributed by atoms with Crippen molar-refractivity contribution >= 4 is 28.8 Å². The van der Waals surface area contributed by atoms with E-state index in [1.807, 2.05) is 54.6 Å². The molecule has 2 heterocycles. The monoisotopic (exact) mass is 349 g/mol. The van der Waals surface area contributed by atoms with E-state index in [1.165, 1.54) is 11.1 Å². The summed E-state index contributed by atoms with van der Waals surface area (Å²) < 4.78 is 1.72. The van der Waals surface area contributed by atoms with E-state index in [2.05, 4.69) is 51.9 Å². The number of rotatable bonds is 3. The van der Waals surface area contributed by atoms with Gasteiger partial charge in [0.2, 0.25) is 5.65 Å². The highest BCUT2D eigenvalue weighted by Crippen LogP contribution is 2.21. The molecule has 0 spiro atoms. The number of tetrazole rings is 1. The first kappa shape index (κ1) is 15.4. The molecule has 0 atom stereocenters. The molecule has 5 rings (SSSR count). The first-order valence-corrected chi connectivity index (χ1v) is 8.69. The second-order valence-electron chi connectivity index (χ2n) is 6.22. The van der Waals surface area contributed by atoms with Crippen molar-refractivity contribution in [2.75, 3.05) is 0 Å². The highest BCUT2D eigenvalue weighted by Gasteiger charge is 2.08. The van der Waals surface area contributed by atoms with Gasteiger partial charge in [-0.05, 0) is 45.3 Å². The van der Waals surface area contributed by atoms with Crippen LogP contribution in [0.4, 0.5) is 0 Å². The zero-order valence-electron chi connectivity index (χ0n) is 14.4. The summed E-state index contributed by atoms with van der Waals surface area (Å²) in [6.07, 6.45) is 3.98. The fraction of sp³-hybridized carbons (Fsp3) is 0. The third kappa shape index (κ3) is 2.85. The highest BCUT2D eigenvalue weighted by atomic mass is 15.5. The number of aromatic nitrogens is 5.